The van der Waals surface area contributed by atoms with Gasteiger partial charge < -0.3 is 5.11 Å². The second-order valence-electron chi connectivity index (χ2n) is 6.83. The molecule has 1 aromatic carbocycles. The molecule has 4 rings (SSSR count). The molecule has 2 heterocycles. The first-order valence-electron chi connectivity index (χ1n) is 7.78. The Kier molecular flexibility index (Phi) is 2.71. The van der Waals surface area contributed by atoms with E-state index in [4.69, 9.17) is 0 Å². The van der Waals surface area contributed by atoms with Gasteiger partial charge in [-0.25, -0.2) is 0 Å². The van der Waals surface area contributed by atoms with Gasteiger partial charge in [-0.1, -0.05) is 30.3 Å². The molecule has 102 valence electrons. The Morgan fingerprint density at radius 2 is 1.63 bits per heavy atom. The first-order valence-corrected chi connectivity index (χ1v) is 7.78. The summed E-state index contributed by atoms with van der Waals surface area (Å²) in [6, 6.07) is 11.5. The topological polar surface area (TPSA) is 23.5 Å². The van der Waals surface area contributed by atoms with Gasteiger partial charge in [-0.2, -0.15) is 0 Å². The van der Waals surface area contributed by atoms with Crippen molar-refractivity contribution in [3.05, 3.63) is 35.9 Å². The molecule has 0 spiro atoms. The Morgan fingerprint density at radius 1 is 1.00 bits per heavy atom. The van der Waals surface area contributed by atoms with Crippen molar-refractivity contribution in [2.24, 2.45) is 5.92 Å². The molecule has 2 atom stereocenters. The predicted molar refractivity (Wildman–Crippen MR) is 75.8 cm³/mol. The van der Waals surface area contributed by atoms with Gasteiger partial charge in [0.05, 0.1) is 5.60 Å². The van der Waals surface area contributed by atoms with Gasteiger partial charge in [-0.15, -0.1) is 0 Å². The summed E-state index contributed by atoms with van der Waals surface area (Å²) in [6.07, 6.45) is 7.29. The van der Waals surface area contributed by atoms with E-state index in [1.54, 1.807) is 0 Å². The fourth-order valence-electron chi connectivity index (χ4n) is 4.20. The lowest BCUT2D eigenvalue weighted by Gasteiger charge is -2.44. The van der Waals surface area contributed by atoms with Crippen LogP contribution in [0.2, 0.25) is 0 Å². The minimum Gasteiger partial charge on any atom is -0.385 e. The van der Waals surface area contributed by atoms with E-state index in [-0.39, 0.29) is 0 Å². The molecule has 2 heteroatoms. The maximum atomic E-state index is 11.1. The Labute approximate surface area is 115 Å². The van der Waals surface area contributed by atoms with Crippen LogP contribution in [0.5, 0.6) is 0 Å². The van der Waals surface area contributed by atoms with Crippen LogP contribution in [0.1, 0.15) is 44.1 Å². The average molecular weight is 257 g/mol. The highest BCUT2D eigenvalue weighted by molar-refractivity contribution is 5.25. The third-order valence-electron chi connectivity index (χ3n) is 5.39. The van der Waals surface area contributed by atoms with Crippen LogP contribution < -0.4 is 0 Å². The van der Waals surface area contributed by atoms with Crippen molar-refractivity contribution >= 4 is 0 Å². The summed E-state index contributed by atoms with van der Waals surface area (Å²) < 4.78 is 0. The molecule has 1 N–H and O–H groups in total. The van der Waals surface area contributed by atoms with Gasteiger partial charge in [0.1, 0.15) is 0 Å². The lowest BCUT2D eigenvalue weighted by Crippen LogP contribution is -2.50. The molecule has 3 fully saturated rings. The highest BCUT2D eigenvalue weighted by Gasteiger charge is 2.48. The highest BCUT2D eigenvalue weighted by atomic mass is 16.3. The zero-order chi connectivity index (χ0) is 12.9. The summed E-state index contributed by atoms with van der Waals surface area (Å²) in [7, 11) is 0. The van der Waals surface area contributed by atoms with Crippen molar-refractivity contribution < 1.29 is 5.11 Å². The SMILES string of the molecule is OC1(c2ccccc2)CC2CCC(C1)N2CC1CC1. The van der Waals surface area contributed by atoms with Gasteiger partial charge in [-0.3, -0.25) is 4.90 Å². The van der Waals surface area contributed by atoms with Crippen molar-refractivity contribution in [1.82, 2.24) is 4.90 Å². The lowest BCUT2D eigenvalue weighted by atomic mass is 9.80. The van der Waals surface area contributed by atoms with Gasteiger partial charge >= 0.3 is 0 Å². The number of benzene rings is 1. The van der Waals surface area contributed by atoms with E-state index in [2.05, 4.69) is 17.0 Å². The molecule has 1 aromatic rings. The number of nitrogens with zero attached hydrogens (tertiary/aromatic N) is 1. The van der Waals surface area contributed by atoms with Gasteiger partial charge in [0.25, 0.3) is 0 Å². The third-order valence-corrected chi connectivity index (χ3v) is 5.39. The second-order valence-corrected chi connectivity index (χ2v) is 6.83. The van der Waals surface area contributed by atoms with Gasteiger partial charge in [0.2, 0.25) is 0 Å². The molecule has 2 saturated heterocycles. The summed E-state index contributed by atoms with van der Waals surface area (Å²) >= 11 is 0. The van der Waals surface area contributed by atoms with Gasteiger partial charge in [0.15, 0.2) is 0 Å². The number of rotatable bonds is 3. The van der Waals surface area contributed by atoms with E-state index in [9.17, 15) is 5.11 Å². The molecule has 2 nitrogen and oxygen atoms in total. The average Bonchev–Trinajstić information content (AvgIpc) is 3.20. The van der Waals surface area contributed by atoms with Crippen LogP contribution >= 0.6 is 0 Å². The molecule has 3 aliphatic rings. The smallest absolute Gasteiger partial charge is 0.0926 e. The Bertz CT molecular complexity index is 440. The third kappa shape index (κ3) is 2.11. The molecule has 0 amide bonds. The molecule has 2 bridgehead atoms. The molecular weight excluding hydrogens is 234 g/mol. The number of fused-ring (bicyclic) bond motifs is 2. The standard InChI is InChI=1S/C17H23NO/c19-17(14-4-2-1-3-5-14)10-15-8-9-16(11-17)18(15)12-13-6-7-13/h1-5,13,15-16,19H,6-12H2. The number of hydrogen-bond acceptors (Lipinski definition) is 2. The molecule has 1 aliphatic carbocycles. The Balaban J connectivity index is 1.56. The Hall–Kier alpha value is -0.860. The highest BCUT2D eigenvalue weighted by Crippen LogP contribution is 2.47. The van der Waals surface area contributed by atoms with E-state index in [0.717, 1.165) is 24.3 Å². The quantitative estimate of drug-likeness (QED) is 0.900. The van der Waals surface area contributed by atoms with E-state index >= 15 is 0 Å². The first kappa shape index (κ1) is 11.9. The molecular formula is C17H23NO. The predicted octanol–water partition coefficient (Wildman–Crippen LogP) is 2.91. The molecule has 19 heavy (non-hydrogen) atoms. The summed E-state index contributed by atoms with van der Waals surface area (Å²) in [4.78, 5) is 2.72. The molecule has 1 saturated carbocycles. The number of aliphatic hydroxyl groups is 1. The maximum Gasteiger partial charge on any atom is 0.0926 e. The van der Waals surface area contributed by atoms with Crippen LogP contribution in [-0.2, 0) is 5.60 Å². The van der Waals surface area contributed by atoms with Crippen LogP contribution in [0.3, 0.4) is 0 Å². The summed E-state index contributed by atoms with van der Waals surface area (Å²) in [6.45, 7) is 1.29. The van der Waals surface area contributed by atoms with Crippen LogP contribution in [0.25, 0.3) is 0 Å². The number of piperidine rings is 1. The van der Waals surface area contributed by atoms with Gasteiger partial charge in [-0.05, 0) is 50.0 Å². The van der Waals surface area contributed by atoms with Crippen molar-refractivity contribution in [2.75, 3.05) is 6.54 Å². The van der Waals surface area contributed by atoms with Gasteiger partial charge in [0, 0.05) is 18.6 Å². The molecule has 0 radical (unpaired) electrons. The zero-order valence-electron chi connectivity index (χ0n) is 11.5. The van der Waals surface area contributed by atoms with Crippen LogP contribution in [0.15, 0.2) is 30.3 Å². The first-order chi connectivity index (χ1) is 9.24. The van der Waals surface area contributed by atoms with Crippen LogP contribution in [0, 0.1) is 5.92 Å². The monoisotopic (exact) mass is 257 g/mol. The molecule has 2 unspecified atom stereocenters. The van der Waals surface area contributed by atoms with E-state index in [0.29, 0.717) is 12.1 Å². The van der Waals surface area contributed by atoms with Crippen molar-refractivity contribution in [1.29, 1.82) is 0 Å². The maximum absolute atomic E-state index is 11.1. The van der Waals surface area contributed by atoms with Crippen molar-refractivity contribution in [2.45, 2.75) is 56.2 Å². The summed E-state index contributed by atoms with van der Waals surface area (Å²) in [5.41, 5.74) is 0.547. The Morgan fingerprint density at radius 3 is 2.21 bits per heavy atom. The van der Waals surface area contributed by atoms with Crippen molar-refractivity contribution in [3.8, 4) is 0 Å². The fourth-order valence-corrected chi connectivity index (χ4v) is 4.20. The van der Waals surface area contributed by atoms with Crippen LogP contribution in [-0.4, -0.2) is 28.6 Å². The second kappa shape index (κ2) is 4.32. The minimum atomic E-state index is -0.576. The van der Waals surface area contributed by atoms with E-state index in [1.807, 2.05) is 18.2 Å². The number of hydrogen-bond donors (Lipinski definition) is 1. The zero-order valence-corrected chi connectivity index (χ0v) is 11.5. The van der Waals surface area contributed by atoms with Crippen LogP contribution in [0.4, 0.5) is 0 Å². The van der Waals surface area contributed by atoms with E-state index < -0.39 is 5.60 Å². The fraction of sp³-hybridized carbons (Fsp3) is 0.647. The lowest BCUT2D eigenvalue weighted by molar-refractivity contribution is -0.0580. The molecule has 0 aromatic heterocycles. The van der Waals surface area contributed by atoms with Crippen molar-refractivity contribution in [3.63, 3.8) is 0 Å². The largest absolute Gasteiger partial charge is 0.385 e. The minimum absolute atomic E-state index is 0.576. The molecule has 2 aliphatic heterocycles. The normalized spacial score (nSPS) is 38.6. The summed E-state index contributed by atoms with van der Waals surface area (Å²) in [5.74, 6) is 0.964. The summed E-state index contributed by atoms with van der Waals surface area (Å²) in [5, 5.41) is 11.1. The van der Waals surface area contributed by atoms with E-state index in [1.165, 1.54) is 32.2 Å².